The number of alkyl halides is 3. The van der Waals surface area contributed by atoms with Crippen LogP contribution in [0.3, 0.4) is 0 Å². The highest BCUT2D eigenvalue weighted by Crippen LogP contribution is 2.30. The molecule has 0 aliphatic heterocycles. The molecule has 2 N–H and O–H groups in total. The maximum Gasteiger partial charge on any atom is 0.416 e. The second-order valence-corrected chi connectivity index (χ2v) is 5.81. The van der Waals surface area contributed by atoms with E-state index < -0.39 is 17.8 Å². The molecule has 134 valence electrons. The number of primary amides is 1. The third-order valence-electron chi connectivity index (χ3n) is 3.91. The highest BCUT2D eigenvalue weighted by atomic mass is 19.4. The van der Waals surface area contributed by atoms with Gasteiger partial charge in [0, 0.05) is 5.39 Å². The lowest BCUT2D eigenvalue weighted by atomic mass is 10.1. The number of amides is 2. The number of nitrogens with two attached hydrogens (primary N) is 1. The summed E-state index contributed by atoms with van der Waals surface area (Å²) in [5.74, 6) is 0. The van der Waals surface area contributed by atoms with E-state index >= 15 is 0 Å². The molecule has 8 heteroatoms. The fourth-order valence-corrected chi connectivity index (χ4v) is 2.65. The number of rotatable bonds is 3. The Morgan fingerprint density at radius 2 is 1.81 bits per heavy atom. The molecule has 2 aromatic carbocycles. The normalized spacial score (nSPS) is 11.5. The first-order chi connectivity index (χ1) is 12.3. The SMILES string of the molecule is Cc1cc2c(N(Cc3ccc(C(F)(F)F)cc3)C(N)=O)cccc2nn1. The number of aromatic nitrogens is 2. The van der Waals surface area contributed by atoms with Gasteiger partial charge in [-0.2, -0.15) is 23.4 Å². The number of halogens is 3. The Kier molecular flexibility index (Phi) is 4.50. The summed E-state index contributed by atoms with van der Waals surface area (Å²) in [7, 11) is 0. The van der Waals surface area contributed by atoms with Crippen molar-refractivity contribution in [1.82, 2.24) is 10.2 Å². The topological polar surface area (TPSA) is 72.1 Å². The van der Waals surface area contributed by atoms with Gasteiger partial charge in [-0.15, -0.1) is 0 Å². The summed E-state index contributed by atoms with van der Waals surface area (Å²) in [6.45, 7) is 1.81. The van der Waals surface area contributed by atoms with Crippen molar-refractivity contribution in [3.05, 3.63) is 65.4 Å². The summed E-state index contributed by atoms with van der Waals surface area (Å²) in [6.07, 6.45) is -4.41. The minimum absolute atomic E-state index is 0.0357. The predicted octanol–water partition coefficient (Wildman–Crippen LogP) is 4.04. The monoisotopic (exact) mass is 360 g/mol. The molecule has 0 aliphatic rings. The molecule has 0 fully saturated rings. The van der Waals surface area contributed by atoms with Crippen LogP contribution >= 0.6 is 0 Å². The third kappa shape index (κ3) is 3.58. The Morgan fingerprint density at radius 3 is 2.42 bits per heavy atom. The molecule has 5 nitrogen and oxygen atoms in total. The number of fused-ring (bicyclic) bond motifs is 1. The lowest BCUT2D eigenvalue weighted by Gasteiger charge is -2.22. The van der Waals surface area contributed by atoms with Crippen molar-refractivity contribution in [2.45, 2.75) is 19.6 Å². The van der Waals surface area contributed by atoms with E-state index in [-0.39, 0.29) is 6.54 Å². The lowest BCUT2D eigenvalue weighted by molar-refractivity contribution is -0.137. The molecule has 3 rings (SSSR count). The number of hydrogen-bond acceptors (Lipinski definition) is 3. The van der Waals surface area contributed by atoms with Gasteiger partial charge in [-0.3, -0.25) is 4.90 Å². The number of anilines is 1. The molecule has 26 heavy (non-hydrogen) atoms. The molecule has 0 bridgehead atoms. The first kappa shape index (κ1) is 17.7. The van der Waals surface area contributed by atoms with Crippen LogP contribution in [0, 0.1) is 6.92 Å². The lowest BCUT2D eigenvalue weighted by Crippen LogP contribution is -2.35. The van der Waals surface area contributed by atoms with Crippen molar-refractivity contribution >= 4 is 22.6 Å². The van der Waals surface area contributed by atoms with E-state index in [1.807, 2.05) is 0 Å². The minimum atomic E-state index is -4.41. The number of carbonyl (C=O) groups is 1. The molecule has 0 atom stereocenters. The van der Waals surface area contributed by atoms with Gasteiger partial charge in [0.1, 0.15) is 0 Å². The smallest absolute Gasteiger partial charge is 0.351 e. The second-order valence-electron chi connectivity index (χ2n) is 5.81. The average molecular weight is 360 g/mol. The second kappa shape index (κ2) is 6.62. The van der Waals surface area contributed by atoms with Crippen LogP contribution in [0.2, 0.25) is 0 Å². The highest BCUT2D eigenvalue weighted by molar-refractivity contribution is 6.01. The van der Waals surface area contributed by atoms with Crippen molar-refractivity contribution in [3.63, 3.8) is 0 Å². The number of benzene rings is 2. The molecule has 0 unspecified atom stereocenters. The summed E-state index contributed by atoms with van der Waals surface area (Å²) in [5, 5.41) is 8.74. The van der Waals surface area contributed by atoms with E-state index in [4.69, 9.17) is 5.73 Å². The quantitative estimate of drug-likeness (QED) is 0.766. The van der Waals surface area contributed by atoms with Crippen LogP contribution in [0.25, 0.3) is 10.9 Å². The van der Waals surface area contributed by atoms with E-state index in [0.29, 0.717) is 27.8 Å². The Hall–Kier alpha value is -3.16. The van der Waals surface area contributed by atoms with Crippen molar-refractivity contribution in [2.75, 3.05) is 4.90 Å². The van der Waals surface area contributed by atoms with Crippen LogP contribution in [-0.2, 0) is 12.7 Å². The molecule has 0 aliphatic carbocycles. The molecule has 1 heterocycles. The van der Waals surface area contributed by atoms with Gasteiger partial charge in [0.15, 0.2) is 0 Å². The van der Waals surface area contributed by atoms with Gasteiger partial charge in [-0.1, -0.05) is 18.2 Å². The van der Waals surface area contributed by atoms with Crippen LogP contribution < -0.4 is 10.6 Å². The van der Waals surface area contributed by atoms with Gasteiger partial charge < -0.3 is 5.73 Å². The van der Waals surface area contributed by atoms with E-state index in [0.717, 1.165) is 12.1 Å². The molecule has 3 aromatic rings. The summed E-state index contributed by atoms with van der Waals surface area (Å²) < 4.78 is 38.1. The minimum Gasteiger partial charge on any atom is -0.351 e. The Morgan fingerprint density at radius 1 is 1.12 bits per heavy atom. The first-order valence-corrected chi connectivity index (χ1v) is 7.72. The third-order valence-corrected chi connectivity index (χ3v) is 3.91. The predicted molar refractivity (Wildman–Crippen MR) is 91.5 cm³/mol. The van der Waals surface area contributed by atoms with Crippen LogP contribution in [-0.4, -0.2) is 16.2 Å². The zero-order valence-electron chi connectivity index (χ0n) is 13.8. The molecule has 2 amide bonds. The van der Waals surface area contributed by atoms with Gasteiger partial charge in [-0.05, 0) is 42.8 Å². The van der Waals surface area contributed by atoms with Gasteiger partial charge >= 0.3 is 12.2 Å². The molecule has 0 saturated heterocycles. The van der Waals surface area contributed by atoms with E-state index in [1.165, 1.54) is 17.0 Å². The van der Waals surface area contributed by atoms with Crippen molar-refractivity contribution < 1.29 is 18.0 Å². The summed E-state index contributed by atoms with van der Waals surface area (Å²) in [5.41, 5.74) is 7.07. The number of nitrogens with zero attached hydrogens (tertiary/aromatic N) is 3. The zero-order chi connectivity index (χ0) is 18.9. The van der Waals surface area contributed by atoms with Crippen molar-refractivity contribution in [2.24, 2.45) is 5.73 Å². The van der Waals surface area contributed by atoms with E-state index in [9.17, 15) is 18.0 Å². The fraction of sp³-hybridized carbons (Fsp3) is 0.167. The Labute approximate surface area is 147 Å². The van der Waals surface area contributed by atoms with Gasteiger partial charge in [0.25, 0.3) is 0 Å². The number of urea groups is 1. The molecule has 0 radical (unpaired) electrons. The zero-order valence-corrected chi connectivity index (χ0v) is 13.8. The molecule has 0 saturated carbocycles. The summed E-state index contributed by atoms with van der Waals surface area (Å²) in [4.78, 5) is 13.3. The van der Waals surface area contributed by atoms with E-state index in [2.05, 4.69) is 10.2 Å². The van der Waals surface area contributed by atoms with Crippen LogP contribution in [0.5, 0.6) is 0 Å². The largest absolute Gasteiger partial charge is 0.416 e. The number of hydrogen-bond donors (Lipinski definition) is 1. The number of aryl methyl sites for hydroxylation is 1. The highest BCUT2D eigenvalue weighted by Gasteiger charge is 2.30. The van der Waals surface area contributed by atoms with Gasteiger partial charge in [0.2, 0.25) is 0 Å². The standard InChI is InChI=1S/C18H15F3N4O/c1-11-9-14-15(24-23-11)3-2-4-16(14)25(17(22)26)10-12-5-7-13(8-6-12)18(19,20)21/h2-9H,10H2,1H3,(H2,22,26). The number of carbonyl (C=O) groups excluding carboxylic acids is 1. The summed E-state index contributed by atoms with van der Waals surface area (Å²) in [6, 6.07) is 10.8. The maximum atomic E-state index is 12.7. The Balaban J connectivity index is 1.98. The first-order valence-electron chi connectivity index (χ1n) is 7.72. The maximum absolute atomic E-state index is 12.7. The van der Waals surface area contributed by atoms with E-state index in [1.54, 1.807) is 31.2 Å². The Bertz CT molecular complexity index is 955. The van der Waals surface area contributed by atoms with Crippen molar-refractivity contribution in [3.8, 4) is 0 Å². The molecular weight excluding hydrogens is 345 g/mol. The van der Waals surface area contributed by atoms with Gasteiger partial charge in [0.05, 0.1) is 29.0 Å². The van der Waals surface area contributed by atoms with Gasteiger partial charge in [-0.25, -0.2) is 4.79 Å². The van der Waals surface area contributed by atoms with Crippen molar-refractivity contribution in [1.29, 1.82) is 0 Å². The van der Waals surface area contributed by atoms with Crippen LogP contribution in [0.15, 0.2) is 48.5 Å². The summed E-state index contributed by atoms with van der Waals surface area (Å²) >= 11 is 0. The average Bonchev–Trinajstić information content (AvgIpc) is 2.58. The molecular formula is C18H15F3N4O. The molecule has 0 spiro atoms. The molecule has 1 aromatic heterocycles. The van der Waals surface area contributed by atoms with Crippen LogP contribution in [0.1, 0.15) is 16.8 Å². The fourth-order valence-electron chi connectivity index (χ4n) is 2.65. The van der Waals surface area contributed by atoms with Crippen LogP contribution in [0.4, 0.5) is 23.7 Å².